The maximum absolute atomic E-state index is 5.71. The molecule has 0 heterocycles. The Labute approximate surface area is 115 Å². The highest BCUT2D eigenvalue weighted by Gasteiger charge is 2.18. The predicted octanol–water partition coefficient (Wildman–Crippen LogP) is 3.48. The van der Waals surface area contributed by atoms with E-state index in [1.54, 1.807) is 0 Å². The molecule has 2 rings (SSSR count). The second-order valence-electron chi connectivity index (χ2n) is 5.30. The molecule has 3 heteroatoms. The molecule has 0 amide bonds. The van der Waals surface area contributed by atoms with Crippen molar-refractivity contribution in [3.63, 3.8) is 0 Å². The average Bonchev–Trinajstić information content (AvgIpc) is 2.87. The Kier molecular flexibility index (Phi) is 5.10. The van der Waals surface area contributed by atoms with Gasteiger partial charge in [-0.3, -0.25) is 11.3 Å². The molecular weight excluding hydrogens is 240 g/mol. The minimum absolute atomic E-state index is 0.273. The van der Waals surface area contributed by atoms with E-state index >= 15 is 0 Å². The summed E-state index contributed by atoms with van der Waals surface area (Å²) in [5, 5.41) is 0.854. The molecule has 100 valence electrons. The second-order valence-corrected chi connectivity index (χ2v) is 6.64. The fourth-order valence-electron chi connectivity index (χ4n) is 2.51. The average molecular weight is 264 g/mol. The molecule has 2 nitrogen and oxygen atoms in total. The summed E-state index contributed by atoms with van der Waals surface area (Å²) in [7, 11) is 0. The zero-order valence-corrected chi connectivity index (χ0v) is 12.2. The highest BCUT2D eigenvalue weighted by atomic mass is 32.2. The van der Waals surface area contributed by atoms with Gasteiger partial charge in [0.25, 0.3) is 0 Å². The van der Waals surface area contributed by atoms with Crippen molar-refractivity contribution in [3.05, 3.63) is 34.9 Å². The summed E-state index contributed by atoms with van der Waals surface area (Å²) >= 11 is 2.08. The number of rotatable bonds is 5. The number of nitrogens with one attached hydrogen (secondary N) is 1. The van der Waals surface area contributed by atoms with E-state index in [4.69, 9.17) is 5.84 Å². The summed E-state index contributed by atoms with van der Waals surface area (Å²) in [6, 6.07) is 6.92. The molecular formula is C15H24N2S. The van der Waals surface area contributed by atoms with Crippen LogP contribution in [0.4, 0.5) is 0 Å². The van der Waals surface area contributed by atoms with Crippen LogP contribution in [0, 0.1) is 13.8 Å². The smallest absolute Gasteiger partial charge is 0.0550 e. The van der Waals surface area contributed by atoms with Crippen LogP contribution < -0.4 is 11.3 Å². The molecule has 1 fully saturated rings. The van der Waals surface area contributed by atoms with Gasteiger partial charge in [0.15, 0.2) is 0 Å². The molecule has 1 aromatic rings. The van der Waals surface area contributed by atoms with Gasteiger partial charge in [0, 0.05) is 11.0 Å². The van der Waals surface area contributed by atoms with Crippen LogP contribution in [0.2, 0.25) is 0 Å². The molecule has 0 radical (unpaired) electrons. The van der Waals surface area contributed by atoms with Crippen LogP contribution in [0.1, 0.15) is 48.4 Å². The van der Waals surface area contributed by atoms with Gasteiger partial charge in [-0.15, -0.1) is 0 Å². The lowest BCUT2D eigenvalue weighted by Crippen LogP contribution is -2.30. The van der Waals surface area contributed by atoms with Gasteiger partial charge in [0.1, 0.15) is 0 Å². The summed E-state index contributed by atoms with van der Waals surface area (Å²) in [5.41, 5.74) is 6.97. The molecule has 0 aromatic heterocycles. The SMILES string of the molecule is Cc1ccc(C(CSC2CCCC2)NN)cc1C. The zero-order valence-electron chi connectivity index (χ0n) is 11.4. The third kappa shape index (κ3) is 3.50. The highest BCUT2D eigenvalue weighted by molar-refractivity contribution is 7.99. The lowest BCUT2D eigenvalue weighted by molar-refractivity contribution is 0.609. The van der Waals surface area contributed by atoms with Gasteiger partial charge < -0.3 is 0 Å². The fraction of sp³-hybridized carbons (Fsp3) is 0.600. The van der Waals surface area contributed by atoms with Gasteiger partial charge >= 0.3 is 0 Å². The van der Waals surface area contributed by atoms with Crippen LogP contribution in [0.5, 0.6) is 0 Å². The van der Waals surface area contributed by atoms with Crippen LogP contribution in [-0.4, -0.2) is 11.0 Å². The Bertz CT molecular complexity index is 386. The number of nitrogens with two attached hydrogens (primary N) is 1. The second kappa shape index (κ2) is 6.60. The third-order valence-electron chi connectivity index (χ3n) is 3.94. The maximum Gasteiger partial charge on any atom is 0.0550 e. The first-order valence-electron chi connectivity index (χ1n) is 6.85. The van der Waals surface area contributed by atoms with Gasteiger partial charge in [0.05, 0.1) is 6.04 Å². The standard InChI is InChI=1S/C15H24N2S/c1-11-7-8-13(9-12(11)2)15(17-16)10-18-14-5-3-4-6-14/h7-9,14-15,17H,3-6,10,16H2,1-2H3. The Morgan fingerprint density at radius 1 is 1.28 bits per heavy atom. The lowest BCUT2D eigenvalue weighted by Gasteiger charge is -2.19. The summed E-state index contributed by atoms with van der Waals surface area (Å²) < 4.78 is 0. The quantitative estimate of drug-likeness (QED) is 0.631. The first-order chi connectivity index (χ1) is 8.70. The van der Waals surface area contributed by atoms with Gasteiger partial charge in [-0.2, -0.15) is 11.8 Å². The van der Waals surface area contributed by atoms with Crippen molar-refractivity contribution in [2.24, 2.45) is 5.84 Å². The number of hydrogen-bond acceptors (Lipinski definition) is 3. The molecule has 3 N–H and O–H groups in total. The fourth-order valence-corrected chi connectivity index (χ4v) is 3.93. The van der Waals surface area contributed by atoms with Crippen molar-refractivity contribution >= 4 is 11.8 Å². The van der Waals surface area contributed by atoms with Crippen LogP contribution in [0.15, 0.2) is 18.2 Å². The van der Waals surface area contributed by atoms with Crippen molar-refractivity contribution in [2.75, 3.05) is 5.75 Å². The van der Waals surface area contributed by atoms with Crippen molar-refractivity contribution < 1.29 is 0 Å². The Morgan fingerprint density at radius 3 is 2.61 bits per heavy atom. The molecule has 0 aliphatic heterocycles. The highest BCUT2D eigenvalue weighted by Crippen LogP contribution is 2.32. The predicted molar refractivity (Wildman–Crippen MR) is 80.7 cm³/mol. The van der Waals surface area contributed by atoms with E-state index in [0.29, 0.717) is 0 Å². The van der Waals surface area contributed by atoms with E-state index in [2.05, 4.69) is 49.2 Å². The van der Waals surface area contributed by atoms with E-state index in [0.717, 1.165) is 11.0 Å². The largest absolute Gasteiger partial charge is 0.271 e. The number of hydrogen-bond donors (Lipinski definition) is 2. The topological polar surface area (TPSA) is 38.0 Å². The number of thioether (sulfide) groups is 1. The van der Waals surface area contributed by atoms with E-state index in [-0.39, 0.29) is 6.04 Å². The first kappa shape index (κ1) is 13.9. The molecule has 1 aromatic carbocycles. The third-order valence-corrected chi connectivity index (χ3v) is 5.40. The summed E-state index contributed by atoms with van der Waals surface area (Å²) in [6.45, 7) is 4.31. The molecule has 0 saturated heterocycles. The summed E-state index contributed by atoms with van der Waals surface area (Å²) in [5.74, 6) is 6.79. The monoisotopic (exact) mass is 264 g/mol. The minimum atomic E-state index is 0.273. The number of hydrazine groups is 1. The Balaban J connectivity index is 1.96. The zero-order chi connectivity index (χ0) is 13.0. The van der Waals surface area contributed by atoms with Gasteiger partial charge in [0.2, 0.25) is 0 Å². The molecule has 1 atom stereocenters. The van der Waals surface area contributed by atoms with E-state index in [1.165, 1.54) is 42.4 Å². The van der Waals surface area contributed by atoms with Crippen molar-refractivity contribution in [3.8, 4) is 0 Å². The summed E-state index contributed by atoms with van der Waals surface area (Å²) in [4.78, 5) is 0. The molecule has 0 bridgehead atoms. The number of benzene rings is 1. The molecule has 1 unspecified atom stereocenters. The molecule has 18 heavy (non-hydrogen) atoms. The van der Waals surface area contributed by atoms with Gasteiger partial charge in [-0.25, -0.2) is 0 Å². The van der Waals surface area contributed by atoms with Crippen molar-refractivity contribution in [1.29, 1.82) is 0 Å². The Hall–Kier alpha value is -0.510. The van der Waals surface area contributed by atoms with Crippen LogP contribution in [0.3, 0.4) is 0 Å². The summed E-state index contributed by atoms with van der Waals surface area (Å²) in [6.07, 6.45) is 5.58. The van der Waals surface area contributed by atoms with Crippen LogP contribution in [0.25, 0.3) is 0 Å². The molecule has 1 aliphatic carbocycles. The van der Waals surface area contributed by atoms with Crippen LogP contribution in [-0.2, 0) is 0 Å². The van der Waals surface area contributed by atoms with Gasteiger partial charge in [-0.05, 0) is 43.4 Å². The first-order valence-corrected chi connectivity index (χ1v) is 7.90. The normalized spacial score (nSPS) is 18.2. The van der Waals surface area contributed by atoms with Crippen LogP contribution >= 0.6 is 11.8 Å². The van der Waals surface area contributed by atoms with E-state index < -0.39 is 0 Å². The van der Waals surface area contributed by atoms with Crippen molar-refractivity contribution in [2.45, 2.75) is 50.8 Å². The van der Waals surface area contributed by atoms with E-state index in [1.807, 2.05) is 0 Å². The molecule has 1 saturated carbocycles. The molecule has 0 spiro atoms. The van der Waals surface area contributed by atoms with Crippen molar-refractivity contribution in [1.82, 2.24) is 5.43 Å². The van der Waals surface area contributed by atoms with E-state index in [9.17, 15) is 0 Å². The lowest BCUT2D eigenvalue weighted by atomic mass is 10.0. The molecule has 1 aliphatic rings. The Morgan fingerprint density at radius 2 is 2.00 bits per heavy atom. The maximum atomic E-state index is 5.71. The minimum Gasteiger partial charge on any atom is -0.271 e. The number of aryl methyl sites for hydroxylation is 2. The van der Waals surface area contributed by atoms with Gasteiger partial charge in [-0.1, -0.05) is 31.0 Å².